The SMILES string of the molecule is COC(=O)C1=COC(OC(=O)N2CCN(CCO)CC2)C2C(C)=CCC12. The summed E-state index contributed by atoms with van der Waals surface area (Å²) >= 11 is 0. The van der Waals surface area contributed by atoms with Gasteiger partial charge in [0.1, 0.15) is 0 Å². The molecule has 144 valence electrons. The van der Waals surface area contributed by atoms with Crippen LogP contribution in [0.15, 0.2) is 23.5 Å². The quantitative estimate of drug-likeness (QED) is 0.579. The average Bonchev–Trinajstić information content (AvgIpc) is 3.04. The molecule has 0 bridgehead atoms. The van der Waals surface area contributed by atoms with Crippen molar-refractivity contribution in [3.05, 3.63) is 23.5 Å². The van der Waals surface area contributed by atoms with E-state index < -0.39 is 18.4 Å². The lowest BCUT2D eigenvalue weighted by Gasteiger charge is -2.37. The van der Waals surface area contributed by atoms with Crippen LogP contribution in [-0.2, 0) is 19.0 Å². The summed E-state index contributed by atoms with van der Waals surface area (Å²) in [5.74, 6) is -0.669. The van der Waals surface area contributed by atoms with Gasteiger partial charge in [0.15, 0.2) is 0 Å². The number of methoxy groups -OCH3 is 1. The summed E-state index contributed by atoms with van der Waals surface area (Å²) in [6, 6.07) is 0. The summed E-state index contributed by atoms with van der Waals surface area (Å²) in [5, 5.41) is 8.99. The molecule has 8 nitrogen and oxygen atoms in total. The largest absolute Gasteiger partial charge is 0.466 e. The van der Waals surface area contributed by atoms with Crippen LogP contribution in [-0.4, -0.2) is 79.7 Å². The third kappa shape index (κ3) is 3.71. The van der Waals surface area contributed by atoms with Crippen molar-refractivity contribution in [3.8, 4) is 0 Å². The van der Waals surface area contributed by atoms with E-state index in [9.17, 15) is 9.59 Å². The third-order valence-electron chi connectivity index (χ3n) is 5.36. The van der Waals surface area contributed by atoms with Crippen molar-refractivity contribution < 1.29 is 28.9 Å². The molecule has 1 fully saturated rings. The van der Waals surface area contributed by atoms with E-state index >= 15 is 0 Å². The molecule has 0 aromatic heterocycles. The molecule has 1 amide bonds. The zero-order valence-electron chi connectivity index (χ0n) is 15.2. The summed E-state index contributed by atoms with van der Waals surface area (Å²) in [4.78, 5) is 28.2. The lowest BCUT2D eigenvalue weighted by atomic mass is 9.84. The molecule has 3 unspecified atom stereocenters. The van der Waals surface area contributed by atoms with Crippen molar-refractivity contribution in [2.24, 2.45) is 11.8 Å². The highest BCUT2D eigenvalue weighted by atomic mass is 16.7. The normalized spacial score (nSPS) is 28.6. The second kappa shape index (κ2) is 8.09. The van der Waals surface area contributed by atoms with Crippen LogP contribution < -0.4 is 0 Å². The molecule has 1 aliphatic carbocycles. The number of esters is 1. The number of fused-ring (bicyclic) bond motifs is 1. The minimum atomic E-state index is -0.741. The Morgan fingerprint density at radius 1 is 1.31 bits per heavy atom. The predicted octanol–water partition coefficient (Wildman–Crippen LogP) is 0.728. The van der Waals surface area contributed by atoms with Gasteiger partial charge in [0, 0.05) is 38.6 Å². The maximum Gasteiger partial charge on any atom is 0.412 e. The molecular weight excluding hydrogens is 340 g/mol. The fourth-order valence-corrected chi connectivity index (χ4v) is 3.84. The number of hydrogen-bond acceptors (Lipinski definition) is 7. The van der Waals surface area contributed by atoms with Gasteiger partial charge in [-0.3, -0.25) is 4.90 Å². The fraction of sp³-hybridized carbons (Fsp3) is 0.667. The molecule has 26 heavy (non-hydrogen) atoms. The highest BCUT2D eigenvalue weighted by Crippen LogP contribution is 2.43. The number of piperazine rings is 1. The first-order valence-corrected chi connectivity index (χ1v) is 8.94. The maximum absolute atomic E-state index is 12.5. The third-order valence-corrected chi connectivity index (χ3v) is 5.36. The van der Waals surface area contributed by atoms with E-state index in [-0.39, 0.29) is 18.4 Å². The van der Waals surface area contributed by atoms with Crippen LogP contribution in [0.25, 0.3) is 0 Å². The highest BCUT2D eigenvalue weighted by Gasteiger charge is 2.45. The average molecular weight is 366 g/mol. The summed E-state index contributed by atoms with van der Waals surface area (Å²) in [5.41, 5.74) is 1.53. The Morgan fingerprint density at radius 2 is 2.04 bits per heavy atom. The molecule has 3 aliphatic rings. The lowest BCUT2D eigenvalue weighted by Crippen LogP contribution is -2.50. The Morgan fingerprint density at radius 3 is 2.69 bits per heavy atom. The molecule has 3 atom stereocenters. The van der Waals surface area contributed by atoms with E-state index in [1.807, 2.05) is 6.92 Å². The van der Waals surface area contributed by atoms with Crippen LogP contribution in [0.5, 0.6) is 0 Å². The van der Waals surface area contributed by atoms with Crippen LogP contribution in [0.4, 0.5) is 4.79 Å². The number of rotatable bonds is 4. The van der Waals surface area contributed by atoms with E-state index in [1.54, 1.807) is 4.90 Å². The van der Waals surface area contributed by atoms with Crippen LogP contribution in [0.2, 0.25) is 0 Å². The standard InChI is InChI=1S/C18H26N2O6/c1-12-3-4-13-14(16(22)24-2)11-25-17(15(12)13)26-18(23)20-7-5-19(6-8-20)9-10-21/h3,11,13,15,17,21H,4-10H2,1-2H3. The lowest BCUT2D eigenvalue weighted by molar-refractivity contribution is -0.142. The molecule has 1 saturated heterocycles. The molecule has 8 heteroatoms. The first-order valence-electron chi connectivity index (χ1n) is 8.94. The predicted molar refractivity (Wildman–Crippen MR) is 91.9 cm³/mol. The summed E-state index contributed by atoms with van der Waals surface area (Å²) in [6.45, 7) is 5.21. The first-order chi connectivity index (χ1) is 12.5. The van der Waals surface area contributed by atoms with Gasteiger partial charge in [0.2, 0.25) is 0 Å². The Balaban J connectivity index is 1.62. The molecule has 0 aromatic rings. The number of hydrogen-bond donors (Lipinski definition) is 1. The van der Waals surface area contributed by atoms with E-state index in [4.69, 9.17) is 19.3 Å². The van der Waals surface area contributed by atoms with Crippen molar-refractivity contribution >= 4 is 12.1 Å². The maximum atomic E-state index is 12.5. The monoisotopic (exact) mass is 366 g/mol. The number of nitrogens with zero attached hydrogens (tertiary/aromatic N) is 2. The van der Waals surface area contributed by atoms with Crippen LogP contribution >= 0.6 is 0 Å². The number of aliphatic hydroxyl groups is 1. The Hall–Kier alpha value is -2.06. The smallest absolute Gasteiger partial charge is 0.412 e. The highest BCUT2D eigenvalue weighted by molar-refractivity contribution is 5.89. The Kier molecular flexibility index (Phi) is 5.83. The van der Waals surface area contributed by atoms with E-state index in [0.717, 1.165) is 5.57 Å². The van der Waals surface area contributed by atoms with Crippen molar-refractivity contribution in [3.63, 3.8) is 0 Å². The first kappa shape index (κ1) is 18.7. The molecular formula is C18H26N2O6. The molecule has 0 aromatic carbocycles. The summed E-state index contributed by atoms with van der Waals surface area (Å²) in [6.07, 6.45) is 2.97. The minimum absolute atomic E-state index is 0.0876. The molecule has 0 spiro atoms. The van der Waals surface area contributed by atoms with Gasteiger partial charge in [-0.25, -0.2) is 9.59 Å². The molecule has 2 aliphatic heterocycles. The minimum Gasteiger partial charge on any atom is -0.466 e. The molecule has 1 N–H and O–H groups in total. The van der Waals surface area contributed by atoms with Gasteiger partial charge in [0.05, 0.1) is 31.5 Å². The number of allylic oxidation sites excluding steroid dienone is 1. The molecule has 2 heterocycles. The summed E-state index contributed by atoms with van der Waals surface area (Å²) < 4.78 is 16.1. The Labute approximate surface area is 153 Å². The van der Waals surface area contributed by atoms with Gasteiger partial charge in [-0.2, -0.15) is 0 Å². The van der Waals surface area contributed by atoms with E-state index in [1.165, 1.54) is 13.4 Å². The second-order valence-electron chi connectivity index (χ2n) is 6.82. The number of carbonyl (C=O) groups is 2. The van der Waals surface area contributed by atoms with Gasteiger partial charge >= 0.3 is 12.1 Å². The number of aliphatic hydroxyl groups excluding tert-OH is 1. The zero-order valence-corrected chi connectivity index (χ0v) is 15.2. The van der Waals surface area contributed by atoms with Gasteiger partial charge < -0.3 is 24.2 Å². The van der Waals surface area contributed by atoms with Crippen molar-refractivity contribution in [2.45, 2.75) is 19.6 Å². The zero-order chi connectivity index (χ0) is 18.7. The van der Waals surface area contributed by atoms with Crippen LogP contribution in [0.1, 0.15) is 13.3 Å². The van der Waals surface area contributed by atoms with Gasteiger partial charge in [-0.05, 0) is 13.3 Å². The summed E-state index contributed by atoms with van der Waals surface area (Å²) in [7, 11) is 1.34. The molecule has 3 rings (SSSR count). The Bertz CT molecular complexity index is 609. The van der Waals surface area contributed by atoms with Gasteiger partial charge in [-0.1, -0.05) is 11.6 Å². The number of amides is 1. The van der Waals surface area contributed by atoms with Crippen molar-refractivity contribution in [2.75, 3.05) is 46.4 Å². The van der Waals surface area contributed by atoms with Gasteiger partial charge in [0.25, 0.3) is 6.29 Å². The van der Waals surface area contributed by atoms with Crippen molar-refractivity contribution in [1.29, 1.82) is 0 Å². The number of ether oxygens (including phenoxy) is 3. The fourth-order valence-electron chi connectivity index (χ4n) is 3.84. The van der Waals surface area contributed by atoms with E-state index in [0.29, 0.717) is 44.7 Å². The topological polar surface area (TPSA) is 88.5 Å². The van der Waals surface area contributed by atoms with Crippen molar-refractivity contribution in [1.82, 2.24) is 9.80 Å². The van der Waals surface area contributed by atoms with Crippen LogP contribution in [0, 0.1) is 11.8 Å². The second-order valence-corrected chi connectivity index (χ2v) is 6.82. The van der Waals surface area contributed by atoms with E-state index in [2.05, 4.69) is 11.0 Å². The van der Waals surface area contributed by atoms with Gasteiger partial charge in [-0.15, -0.1) is 0 Å². The number of β-amino-alcohol motifs (C(OH)–C–C–N with tert-alkyl or cyclic N) is 1. The number of carbonyl (C=O) groups excluding carboxylic acids is 2. The van der Waals surface area contributed by atoms with Crippen LogP contribution in [0.3, 0.4) is 0 Å². The molecule has 0 radical (unpaired) electrons. The molecule has 0 saturated carbocycles.